The molecule has 2 rings (SSSR count). The fraction of sp³-hybridized carbons (Fsp3) is 0.818. The number of fused-ring (bicyclic) bond motifs is 2. The summed E-state index contributed by atoms with van der Waals surface area (Å²) >= 11 is 0. The van der Waals surface area contributed by atoms with E-state index in [9.17, 15) is 9.90 Å². The number of carboxylic acids is 1. The lowest BCUT2D eigenvalue weighted by Crippen LogP contribution is -2.40. The third-order valence-corrected chi connectivity index (χ3v) is 5.26. The first kappa shape index (κ1) is 10.5. The second kappa shape index (κ2) is 2.54. The number of carboxylic acid groups (broad SMARTS) is 1. The van der Waals surface area contributed by atoms with E-state index >= 15 is 0 Å². The molecule has 0 saturated heterocycles. The van der Waals surface area contributed by atoms with E-state index in [0.29, 0.717) is 18.6 Å². The highest BCUT2D eigenvalue weighted by Crippen LogP contribution is 2.70. The number of rotatable bonds is 1. The van der Waals surface area contributed by atoms with Gasteiger partial charge < -0.3 is 10.3 Å². The van der Waals surface area contributed by atoms with Gasteiger partial charge in [0.15, 0.2) is 0 Å². The molecule has 2 bridgehead atoms. The summed E-state index contributed by atoms with van der Waals surface area (Å²) in [6.07, 6.45) is 1.87. The van der Waals surface area contributed by atoms with Crippen molar-refractivity contribution in [3.63, 3.8) is 0 Å². The SMILES string of the molecule is CC1(C)[C@]2(C(=O)O)CC[C@@]1(C)/C(=N\O)C2. The van der Waals surface area contributed by atoms with Gasteiger partial charge in [-0.2, -0.15) is 0 Å². The molecule has 2 aliphatic carbocycles. The molecule has 4 heteroatoms. The van der Waals surface area contributed by atoms with Crippen molar-refractivity contribution in [3.8, 4) is 0 Å². The molecule has 84 valence electrons. The first-order chi connectivity index (χ1) is 6.82. The highest BCUT2D eigenvalue weighted by atomic mass is 16.4. The largest absolute Gasteiger partial charge is 0.481 e. The van der Waals surface area contributed by atoms with E-state index in [1.807, 2.05) is 20.8 Å². The molecule has 2 N–H and O–H groups in total. The normalized spacial score (nSPS) is 44.9. The van der Waals surface area contributed by atoms with Crippen molar-refractivity contribution in [1.82, 2.24) is 0 Å². The van der Waals surface area contributed by atoms with E-state index in [2.05, 4.69) is 5.16 Å². The van der Waals surface area contributed by atoms with Gasteiger partial charge in [0.25, 0.3) is 0 Å². The fourth-order valence-corrected chi connectivity index (χ4v) is 3.51. The van der Waals surface area contributed by atoms with Crippen molar-refractivity contribution in [3.05, 3.63) is 0 Å². The van der Waals surface area contributed by atoms with Gasteiger partial charge in [0.2, 0.25) is 0 Å². The molecule has 4 nitrogen and oxygen atoms in total. The number of oxime groups is 1. The topological polar surface area (TPSA) is 69.9 Å². The van der Waals surface area contributed by atoms with E-state index in [-0.39, 0.29) is 10.8 Å². The van der Waals surface area contributed by atoms with Gasteiger partial charge in [-0.05, 0) is 18.3 Å². The lowest BCUT2D eigenvalue weighted by molar-refractivity contribution is -0.154. The minimum Gasteiger partial charge on any atom is -0.481 e. The van der Waals surface area contributed by atoms with Crippen LogP contribution in [0, 0.1) is 16.2 Å². The predicted molar refractivity (Wildman–Crippen MR) is 55.0 cm³/mol. The van der Waals surface area contributed by atoms with Crippen LogP contribution in [0.5, 0.6) is 0 Å². The summed E-state index contributed by atoms with van der Waals surface area (Å²) in [7, 11) is 0. The molecule has 2 fully saturated rings. The number of aliphatic carboxylic acids is 1. The molecule has 0 radical (unpaired) electrons. The van der Waals surface area contributed by atoms with Crippen LogP contribution in [0.1, 0.15) is 40.0 Å². The molecular formula is C11H17NO3. The Morgan fingerprint density at radius 3 is 2.27 bits per heavy atom. The number of nitrogens with zero attached hydrogens (tertiary/aromatic N) is 1. The zero-order valence-electron chi connectivity index (χ0n) is 9.37. The Labute approximate surface area is 89.0 Å². The summed E-state index contributed by atoms with van der Waals surface area (Å²) < 4.78 is 0. The van der Waals surface area contributed by atoms with Crippen molar-refractivity contribution in [1.29, 1.82) is 0 Å². The van der Waals surface area contributed by atoms with Gasteiger partial charge in [-0.1, -0.05) is 25.9 Å². The predicted octanol–water partition coefficient (Wildman–Crippen LogP) is 2.12. The van der Waals surface area contributed by atoms with Crippen molar-refractivity contribution < 1.29 is 15.1 Å². The van der Waals surface area contributed by atoms with Crippen LogP contribution >= 0.6 is 0 Å². The van der Waals surface area contributed by atoms with Gasteiger partial charge in [0, 0.05) is 11.8 Å². The molecule has 0 spiro atoms. The lowest BCUT2D eigenvalue weighted by Gasteiger charge is -2.37. The van der Waals surface area contributed by atoms with E-state index in [0.717, 1.165) is 6.42 Å². The van der Waals surface area contributed by atoms with E-state index in [1.165, 1.54) is 0 Å². The molecule has 0 amide bonds. The molecule has 2 saturated carbocycles. The van der Waals surface area contributed by atoms with Gasteiger partial charge in [-0.3, -0.25) is 4.79 Å². The van der Waals surface area contributed by atoms with Crippen molar-refractivity contribution in [2.24, 2.45) is 21.4 Å². The standard InChI is InChI=1S/C11H17NO3/c1-9(2)10(3)4-5-11(9,8(13)14)6-7(10)12-15/h15H,4-6H2,1-3H3,(H,13,14)/b12-7-/t10-,11+/m0/s1. The summed E-state index contributed by atoms with van der Waals surface area (Å²) in [6.45, 7) is 5.97. The highest BCUT2D eigenvalue weighted by molar-refractivity contribution is 6.00. The average molecular weight is 211 g/mol. The van der Waals surface area contributed by atoms with Crippen molar-refractivity contribution in [2.75, 3.05) is 0 Å². The Kier molecular flexibility index (Phi) is 1.77. The summed E-state index contributed by atoms with van der Waals surface area (Å²) in [5.41, 5.74) is -0.683. The Morgan fingerprint density at radius 2 is 1.93 bits per heavy atom. The molecule has 0 unspecified atom stereocenters. The number of hydrogen-bond donors (Lipinski definition) is 2. The molecule has 0 aliphatic heterocycles. The third kappa shape index (κ3) is 0.840. The van der Waals surface area contributed by atoms with Crippen LogP contribution in [0.25, 0.3) is 0 Å². The Balaban J connectivity index is 2.61. The minimum atomic E-state index is -0.755. The van der Waals surface area contributed by atoms with Crippen LogP contribution in [0.3, 0.4) is 0 Å². The number of carbonyl (C=O) groups is 1. The van der Waals surface area contributed by atoms with Crippen LogP contribution in [0.15, 0.2) is 5.16 Å². The second-order valence-electron chi connectivity index (χ2n) is 5.57. The highest BCUT2D eigenvalue weighted by Gasteiger charge is 2.72. The smallest absolute Gasteiger partial charge is 0.310 e. The Morgan fingerprint density at radius 1 is 1.33 bits per heavy atom. The molecule has 0 aromatic heterocycles. The monoisotopic (exact) mass is 211 g/mol. The first-order valence-electron chi connectivity index (χ1n) is 5.27. The van der Waals surface area contributed by atoms with Crippen LogP contribution in [-0.4, -0.2) is 22.0 Å². The zero-order valence-corrected chi connectivity index (χ0v) is 9.37. The summed E-state index contributed by atoms with van der Waals surface area (Å²) in [5.74, 6) is -0.755. The van der Waals surface area contributed by atoms with Gasteiger partial charge >= 0.3 is 5.97 Å². The quantitative estimate of drug-likeness (QED) is 0.515. The van der Waals surface area contributed by atoms with E-state index in [4.69, 9.17) is 5.21 Å². The average Bonchev–Trinajstić information content (AvgIpc) is 2.46. The van der Waals surface area contributed by atoms with Crippen LogP contribution in [0.4, 0.5) is 0 Å². The van der Waals surface area contributed by atoms with Crippen LogP contribution in [0.2, 0.25) is 0 Å². The molecule has 0 aromatic carbocycles. The van der Waals surface area contributed by atoms with Gasteiger partial charge in [0.05, 0.1) is 11.1 Å². The second-order valence-corrected chi connectivity index (χ2v) is 5.57. The van der Waals surface area contributed by atoms with Gasteiger partial charge in [-0.25, -0.2) is 0 Å². The molecule has 2 aliphatic rings. The summed E-state index contributed by atoms with van der Waals surface area (Å²) in [6, 6.07) is 0. The van der Waals surface area contributed by atoms with Crippen molar-refractivity contribution in [2.45, 2.75) is 40.0 Å². The fourth-order valence-electron chi connectivity index (χ4n) is 3.51. The molecule has 0 heterocycles. The van der Waals surface area contributed by atoms with Crippen LogP contribution in [-0.2, 0) is 4.79 Å². The maximum atomic E-state index is 11.5. The summed E-state index contributed by atoms with van der Waals surface area (Å²) in [5, 5.41) is 21.7. The van der Waals surface area contributed by atoms with Crippen molar-refractivity contribution >= 4 is 11.7 Å². The van der Waals surface area contributed by atoms with Crippen LogP contribution < -0.4 is 0 Å². The minimum absolute atomic E-state index is 0.264. The molecule has 15 heavy (non-hydrogen) atoms. The first-order valence-corrected chi connectivity index (χ1v) is 5.27. The van der Waals surface area contributed by atoms with Gasteiger partial charge in [0.1, 0.15) is 0 Å². The Bertz CT molecular complexity index is 361. The maximum Gasteiger partial charge on any atom is 0.310 e. The molecule has 0 aromatic rings. The Hall–Kier alpha value is -1.06. The summed E-state index contributed by atoms with van der Waals surface area (Å²) in [4.78, 5) is 11.5. The zero-order chi connectivity index (χ0) is 11.5. The third-order valence-electron chi connectivity index (χ3n) is 5.26. The van der Waals surface area contributed by atoms with Gasteiger partial charge in [-0.15, -0.1) is 0 Å². The molecule has 2 atom stereocenters. The maximum absolute atomic E-state index is 11.5. The van der Waals surface area contributed by atoms with E-state index in [1.54, 1.807) is 0 Å². The lowest BCUT2D eigenvalue weighted by atomic mass is 9.65. The molecular weight excluding hydrogens is 194 g/mol. The number of hydrogen-bond acceptors (Lipinski definition) is 3. The van der Waals surface area contributed by atoms with E-state index < -0.39 is 11.4 Å².